The van der Waals surface area contributed by atoms with Gasteiger partial charge in [-0.1, -0.05) is 75.6 Å². The molecule has 0 spiro atoms. The Labute approximate surface area is 280 Å². The van der Waals surface area contributed by atoms with Crippen molar-refractivity contribution in [1.82, 2.24) is 10.9 Å². The second-order valence-electron chi connectivity index (χ2n) is 10.9. The van der Waals surface area contributed by atoms with E-state index in [2.05, 4.69) is 36.8 Å². The number of nitrogens with zero attached hydrogens (tertiary/aromatic N) is 4. The largest absolute Gasteiger partial charge is 0.494 e. The van der Waals surface area contributed by atoms with Crippen LogP contribution >= 0.6 is 15.9 Å². The van der Waals surface area contributed by atoms with Crippen LogP contribution in [0.2, 0.25) is 0 Å². The SMILES string of the molecule is [N-]=[N+]=NCc1ccccc1C[C@]1(C(=O)NNCCc2ccc(F)cc2)N=C(c2ccc(OCCCO)cc2)O[C@H]1c1ccccc1Br. The van der Waals surface area contributed by atoms with Crippen molar-refractivity contribution in [2.75, 3.05) is 19.8 Å². The number of rotatable bonds is 15. The van der Waals surface area contributed by atoms with E-state index in [1.807, 2.05) is 60.7 Å². The van der Waals surface area contributed by atoms with Crippen LogP contribution in [0.1, 0.15) is 40.3 Å². The fraction of sp³-hybridized carbons (Fsp3) is 0.257. The molecule has 0 unspecified atom stereocenters. The number of aliphatic hydroxyl groups excluding tert-OH is 1. The molecule has 12 heteroatoms. The van der Waals surface area contributed by atoms with Gasteiger partial charge in [0, 0.05) is 46.5 Å². The van der Waals surface area contributed by atoms with Crippen LogP contribution in [0.25, 0.3) is 10.4 Å². The van der Waals surface area contributed by atoms with Crippen LogP contribution in [-0.4, -0.2) is 42.2 Å². The molecule has 242 valence electrons. The number of carbonyl (C=O) groups is 1. The zero-order valence-electron chi connectivity index (χ0n) is 25.5. The molecule has 0 bridgehead atoms. The van der Waals surface area contributed by atoms with Crippen molar-refractivity contribution in [1.29, 1.82) is 0 Å². The van der Waals surface area contributed by atoms with Gasteiger partial charge in [-0.15, -0.1) is 0 Å². The molecule has 0 aromatic heterocycles. The summed E-state index contributed by atoms with van der Waals surface area (Å²) in [7, 11) is 0. The molecular formula is C35H34BrFN6O4. The topological polar surface area (TPSA) is 141 Å². The van der Waals surface area contributed by atoms with Gasteiger partial charge in [-0.3, -0.25) is 10.2 Å². The zero-order valence-corrected chi connectivity index (χ0v) is 27.1. The molecule has 0 saturated carbocycles. The molecule has 10 nitrogen and oxygen atoms in total. The Morgan fingerprint density at radius 1 is 1.04 bits per heavy atom. The maximum atomic E-state index is 14.5. The maximum Gasteiger partial charge on any atom is 0.266 e. The summed E-state index contributed by atoms with van der Waals surface area (Å²) in [5, 5.41) is 12.8. The lowest BCUT2D eigenvalue weighted by Gasteiger charge is -2.32. The van der Waals surface area contributed by atoms with Crippen molar-refractivity contribution in [2.45, 2.75) is 37.5 Å². The molecule has 1 amide bonds. The number of halogens is 2. The summed E-state index contributed by atoms with van der Waals surface area (Å²) < 4.78 is 26.4. The first-order valence-corrected chi connectivity index (χ1v) is 15.9. The van der Waals surface area contributed by atoms with Crippen LogP contribution in [0.4, 0.5) is 4.39 Å². The first-order valence-electron chi connectivity index (χ1n) is 15.1. The molecule has 5 rings (SSSR count). The van der Waals surface area contributed by atoms with Gasteiger partial charge in [0.05, 0.1) is 13.2 Å². The number of aliphatic imine (C=N–C) groups is 1. The van der Waals surface area contributed by atoms with E-state index in [0.29, 0.717) is 37.3 Å². The Hall–Kier alpha value is -4.74. The minimum atomic E-state index is -1.50. The minimum absolute atomic E-state index is 0.0381. The number of hydrogen-bond donors (Lipinski definition) is 3. The Morgan fingerprint density at radius 2 is 1.77 bits per heavy atom. The van der Waals surface area contributed by atoms with Gasteiger partial charge in [-0.25, -0.2) is 14.8 Å². The van der Waals surface area contributed by atoms with E-state index in [0.717, 1.165) is 26.7 Å². The van der Waals surface area contributed by atoms with E-state index in [-0.39, 0.29) is 31.3 Å². The summed E-state index contributed by atoms with van der Waals surface area (Å²) in [4.78, 5) is 22.5. The molecular weight excluding hydrogens is 667 g/mol. The lowest BCUT2D eigenvalue weighted by Crippen LogP contribution is -2.54. The average molecular weight is 702 g/mol. The standard InChI is InChI=1S/C35H34BrFN6O4/c36-31-9-4-3-8-30(31)32-35(22-26-6-1-2-7-27(26)23-40-43-38,34(45)42-39-19-18-24-10-14-28(37)15-11-24)41-33(47-32)25-12-16-29(17-13-25)46-21-5-20-44/h1-4,6-17,32,39,44H,5,18-23H2,(H,42,45)/t32-,35-/m0/s1. The first-order chi connectivity index (χ1) is 22.9. The molecule has 1 aliphatic rings. The Bertz CT molecular complexity index is 1750. The predicted octanol–water partition coefficient (Wildman–Crippen LogP) is 6.52. The third-order valence-corrected chi connectivity index (χ3v) is 8.48. The normalized spacial score (nSPS) is 16.9. The van der Waals surface area contributed by atoms with Gasteiger partial charge in [-0.05, 0) is 71.1 Å². The van der Waals surface area contributed by atoms with Crippen LogP contribution in [0.3, 0.4) is 0 Å². The lowest BCUT2D eigenvalue weighted by molar-refractivity contribution is -0.130. The average Bonchev–Trinajstić information content (AvgIpc) is 3.47. The van der Waals surface area contributed by atoms with Crippen LogP contribution in [0.15, 0.2) is 112 Å². The number of hydrogen-bond acceptors (Lipinski definition) is 7. The molecule has 4 aromatic carbocycles. The number of aliphatic hydroxyl groups is 1. The highest BCUT2D eigenvalue weighted by molar-refractivity contribution is 9.10. The van der Waals surface area contributed by atoms with E-state index in [4.69, 9.17) is 25.1 Å². The number of ether oxygens (including phenoxy) is 2. The Morgan fingerprint density at radius 3 is 2.49 bits per heavy atom. The number of amides is 1. The third-order valence-electron chi connectivity index (χ3n) is 7.75. The summed E-state index contributed by atoms with van der Waals surface area (Å²) in [5.74, 6) is 0.176. The van der Waals surface area contributed by atoms with Crippen LogP contribution in [0, 0.1) is 5.82 Å². The quantitative estimate of drug-likeness (QED) is 0.0426. The lowest BCUT2D eigenvalue weighted by atomic mass is 9.81. The molecule has 2 atom stereocenters. The van der Waals surface area contributed by atoms with Crippen molar-refractivity contribution in [2.24, 2.45) is 10.1 Å². The molecule has 0 saturated heterocycles. The maximum absolute atomic E-state index is 14.5. The number of carbonyl (C=O) groups excluding carboxylic acids is 1. The van der Waals surface area contributed by atoms with Crippen molar-refractivity contribution < 1.29 is 23.8 Å². The first kappa shape index (κ1) is 33.6. The van der Waals surface area contributed by atoms with Gasteiger partial charge in [0.15, 0.2) is 11.6 Å². The van der Waals surface area contributed by atoms with Gasteiger partial charge in [0.2, 0.25) is 5.90 Å². The Kier molecular flexibility index (Phi) is 11.6. The highest BCUT2D eigenvalue weighted by Gasteiger charge is 2.54. The van der Waals surface area contributed by atoms with E-state index in [1.54, 1.807) is 24.3 Å². The minimum Gasteiger partial charge on any atom is -0.494 e. The van der Waals surface area contributed by atoms with Crippen LogP contribution in [0.5, 0.6) is 5.75 Å². The number of azide groups is 1. The number of hydrazine groups is 1. The van der Waals surface area contributed by atoms with Crippen molar-refractivity contribution in [3.8, 4) is 5.75 Å². The van der Waals surface area contributed by atoms with E-state index in [1.165, 1.54) is 12.1 Å². The monoisotopic (exact) mass is 700 g/mol. The zero-order chi connectivity index (χ0) is 33.1. The van der Waals surface area contributed by atoms with Crippen LogP contribution in [-0.2, 0) is 28.9 Å². The second kappa shape index (κ2) is 16.2. The molecule has 1 heterocycles. The molecule has 3 N–H and O–H groups in total. The van der Waals surface area contributed by atoms with E-state index in [9.17, 15) is 9.18 Å². The Balaban J connectivity index is 1.52. The van der Waals surface area contributed by atoms with Crippen molar-refractivity contribution in [3.05, 3.63) is 146 Å². The molecule has 0 fully saturated rings. The number of nitrogens with one attached hydrogen (secondary N) is 2. The van der Waals surface area contributed by atoms with Crippen molar-refractivity contribution >= 4 is 27.7 Å². The van der Waals surface area contributed by atoms with Gasteiger partial charge < -0.3 is 14.6 Å². The van der Waals surface area contributed by atoms with E-state index < -0.39 is 17.6 Å². The fourth-order valence-corrected chi connectivity index (χ4v) is 5.83. The summed E-state index contributed by atoms with van der Waals surface area (Å²) in [6.07, 6.45) is 0.351. The summed E-state index contributed by atoms with van der Waals surface area (Å²) in [6, 6.07) is 28.4. The molecule has 0 aliphatic carbocycles. The third kappa shape index (κ3) is 8.35. The van der Waals surface area contributed by atoms with E-state index >= 15 is 0 Å². The fourth-order valence-electron chi connectivity index (χ4n) is 5.34. The van der Waals surface area contributed by atoms with Gasteiger partial charge in [0.25, 0.3) is 5.91 Å². The predicted molar refractivity (Wildman–Crippen MR) is 180 cm³/mol. The highest BCUT2D eigenvalue weighted by Crippen LogP contribution is 2.45. The molecule has 1 aliphatic heterocycles. The van der Waals surface area contributed by atoms with Crippen LogP contribution < -0.4 is 15.6 Å². The highest BCUT2D eigenvalue weighted by atomic mass is 79.9. The van der Waals surface area contributed by atoms with Gasteiger partial charge in [0.1, 0.15) is 11.6 Å². The molecule has 47 heavy (non-hydrogen) atoms. The smallest absolute Gasteiger partial charge is 0.266 e. The van der Waals surface area contributed by atoms with Gasteiger partial charge in [-0.2, -0.15) is 0 Å². The van der Waals surface area contributed by atoms with Crippen molar-refractivity contribution in [3.63, 3.8) is 0 Å². The molecule has 4 aromatic rings. The summed E-state index contributed by atoms with van der Waals surface area (Å²) in [5.41, 5.74) is 17.3. The summed E-state index contributed by atoms with van der Waals surface area (Å²) in [6.45, 7) is 0.908. The number of benzene rings is 4. The molecule has 0 radical (unpaired) electrons. The second-order valence-corrected chi connectivity index (χ2v) is 11.8. The van der Waals surface area contributed by atoms with Gasteiger partial charge >= 0.3 is 0 Å². The summed E-state index contributed by atoms with van der Waals surface area (Å²) >= 11 is 3.66.